The van der Waals surface area contributed by atoms with Gasteiger partial charge in [0.15, 0.2) is 0 Å². The normalized spacial score (nSPS) is 15.6. The summed E-state index contributed by atoms with van der Waals surface area (Å²) in [6, 6.07) is 5.92. The minimum Gasteiger partial charge on any atom is -0.370 e. The van der Waals surface area contributed by atoms with E-state index < -0.39 is 0 Å². The molecule has 0 atom stereocenters. The molecule has 0 aromatic heterocycles. The van der Waals surface area contributed by atoms with Crippen molar-refractivity contribution in [1.29, 1.82) is 0 Å². The predicted octanol–water partition coefficient (Wildman–Crippen LogP) is 2.62. The topological polar surface area (TPSA) is 32.3 Å². The number of halogens is 1. The molecule has 0 unspecified atom stereocenters. The molecule has 0 saturated carbocycles. The minimum atomic E-state index is 0.0922. The van der Waals surface area contributed by atoms with E-state index in [0.29, 0.717) is 6.42 Å². The van der Waals surface area contributed by atoms with Crippen LogP contribution in [0.4, 0.5) is 11.4 Å². The van der Waals surface area contributed by atoms with Crippen LogP contribution in [0.25, 0.3) is 0 Å². The van der Waals surface area contributed by atoms with Crippen molar-refractivity contribution < 1.29 is 4.79 Å². The van der Waals surface area contributed by atoms with Crippen LogP contribution < -0.4 is 10.2 Å². The predicted molar refractivity (Wildman–Crippen MR) is 65.3 cm³/mol. The average Bonchev–Trinajstić information content (AvgIpc) is 2.37. The monoisotopic (exact) mass is 268 g/mol. The quantitative estimate of drug-likeness (QED) is 0.850. The Morgan fingerprint density at radius 3 is 3.07 bits per heavy atom. The number of amides is 1. The maximum Gasteiger partial charge on any atom is 0.226 e. The molecule has 1 N–H and O–H groups in total. The van der Waals surface area contributed by atoms with Crippen molar-refractivity contribution >= 4 is 33.2 Å². The van der Waals surface area contributed by atoms with Gasteiger partial charge in [0.2, 0.25) is 5.91 Å². The van der Waals surface area contributed by atoms with Crippen LogP contribution in [0, 0.1) is 0 Å². The van der Waals surface area contributed by atoms with Crippen molar-refractivity contribution in [3.63, 3.8) is 0 Å². The Labute approximate surface area is 97.6 Å². The molecule has 1 aromatic rings. The summed E-state index contributed by atoms with van der Waals surface area (Å²) in [6.07, 6.45) is 0.556. The lowest BCUT2D eigenvalue weighted by atomic mass is 10.2. The number of carbonyl (C=O) groups is 1. The fraction of sp³-hybridized carbons (Fsp3) is 0.364. The number of nitrogens with one attached hydrogen (secondary N) is 1. The first kappa shape index (κ1) is 10.5. The number of hydrogen-bond acceptors (Lipinski definition) is 2. The third-order valence-electron chi connectivity index (χ3n) is 2.57. The van der Waals surface area contributed by atoms with Crippen LogP contribution >= 0.6 is 15.9 Å². The van der Waals surface area contributed by atoms with E-state index in [1.165, 1.54) is 0 Å². The summed E-state index contributed by atoms with van der Waals surface area (Å²) in [7, 11) is 0. The molecule has 1 aliphatic heterocycles. The second-order valence-electron chi connectivity index (χ2n) is 3.54. The van der Waals surface area contributed by atoms with Gasteiger partial charge in [-0.2, -0.15) is 0 Å². The zero-order valence-electron chi connectivity index (χ0n) is 8.59. The molecule has 15 heavy (non-hydrogen) atoms. The molecule has 0 saturated heterocycles. The van der Waals surface area contributed by atoms with E-state index in [1.807, 2.05) is 18.2 Å². The second kappa shape index (κ2) is 4.23. The molecule has 0 radical (unpaired) electrons. The molecule has 1 heterocycles. The van der Waals surface area contributed by atoms with E-state index in [0.717, 1.165) is 28.9 Å². The van der Waals surface area contributed by atoms with Crippen molar-refractivity contribution in [2.24, 2.45) is 0 Å². The van der Waals surface area contributed by atoms with Gasteiger partial charge < -0.3 is 10.2 Å². The summed E-state index contributed by atoms with van der Waals surface area (Å²) in [5.41, 5.74) is 2.00. The third-order valence-corrected chi connectivity index (χ3v) is 3.06. The Morgan fingerprint density at radius 1 is 1.53 bits per heavy atom. The summed E-state index contributed by atoms with van der Waals surface area (Å²) in [5.74, 6) is 0.0922. The van der Waals surface area contributed by atoms with Crippen molar-refractivity contribution in [2.45, 2.75) is 13.3 Å². The highest BCUT2D eigenvalue weighted by atomic mass is 79.9. The Kier molecular flexibility index (Phi) is 2.95. The fourth-order valence-corrected chi connectivity index (χ4v) is 2.12. The SMILES string of the molecule is CCN1CCC(=O)Nc2ccc(Br)cc21. The molecule has 1 amide bonds. The highest BCUT2D eigenvalue weighted by Crippen LogP contribution is 2.31. The van der Waals surface area contributed by atoms with Crippen LogP contribution in [0.3, 0.4) is 0 Å². The van der Waals surface area contributed by atoms with Gasteiger partial charge in [0.05, 0.1) is 11.4 Å². The minimum absolute atomic E-state index is 0.0922. The standard InChI is InChI=1S/C11H13BrN2O/c1-2-14-6-5-11(15)13-9-4-3-8(12)7-10(9)14/h3-4,7H,2,5-6H2,1H3,(H,13,15). The molecule has 2 rings (SSSR count). The summed E-state index contributed by atoms with van der Waals surface area (Å²) >= 11 is 3.45. The Balaban J connectivity index is 2.45. The highest BCUT2D eigenvalue weighted by molar-refractivity contribution is 9.10. The molecular weight excluding hydrogens is 256 g/mol. The molecule has 80 valence electrons. The molecule has 1 aromatic carbocycles. The fourth-order valence-electron chi connectivity index (χ4n) is 1.77. The summed E-state index contributed by atoms with van der Waals surface area (Å²) < 4.78 is 1.04. The Morgan fingerprint density at radius 2 is 2.33 bits per heavy atom. The van der Waals surface area contributed by atoms with Crippen molar-refractivity contribution in [1.82, 2.24) is 0 Å². The molecule has 0 fully saturated rings. The van der Waals surface area contributed by atoms with E-state index in [-0.39, 0.29) is 5.91 Å². The van der Waals surface area contributed by atoms with Crippen LogP contribution in [0.1, 0.15) is 13.3 Å². The molecular formula is C11H13BrN2O. The van der Waals surface area contributed by atoms with Gasteiger partial charge in [-0.15, -0.1) is 0 Å². The number of carbonyl (C=O) groups excluding carboxylic acids is 1. The average molecular weight is 269 g/mol. The van der Waals surface area contributed by atoms with Crippen LogP contribution in [-0.2, 0) is 4.79 Å². The molecule has 4 heteroatoms. The molecule has 1 aliphatic rings. The smallest absolute Gasteiger partial charge is 0.226 e. The lowest BCUT2D eigenvalue weighted by molar-refractivity contribution is -0.115. The van der Waals surface area contributed by atoms with Gasteiger partial charge >= 0.3 is 0 Å². The van der Waals surface area contributed by atoms with Crippen LogP contribution in [0.15, 0.2) is 22.7 Å². The maximum atomic E-state index is 11.4. The zero-order chi connectivity index (χ0) is 10.8. The van der Waals surface area contributed by atoms with E-state index in [1.54, 1.807) is 0 Å². The van der Waals surface area contributed by atoms with E-state index in [2.05, 4.69) is 33.1 Å². The number of nitrogens with zero attached hydrogens (tertiary/aromatic N) is 1. The first-order chi connectivity index (χ1) is 7.20. The molecule has 0 aliphatic carbocycles. The lowest BCUT2D eigenvalue weighted by Crippen LogP contribution is -2.23. The molecule has 0 spiro atoms. The second-order valence-corrected chi connectivity index (χ2v) is 4.45. The Hall–Kier alpha value is -1.03. The van der Waals surface area contributed by atoms with E-state index in [4.69, 9.17) is 0 Å². The van der Waals surface area contributed by atoms with Crippen LogP contribution in [0.5, 0.6) is 0 Å². The Bertz CT molecular complexity index is 392. The molecule has 0 bridgehead atoms. The van der Waals surface area contributed by atoms with Gasteiger partial charge in [-0.05, 0) is 25.1 Å². The van der Waals surface area contributed by atoms with E-state index >= 15 is 0 Å². The molecule has 3 nitrogen and oxygen atoms in total. The maximum absolute atomic E-state index is 11.4. The van der Waals surface area contributed by atoms with Crippen molar-refractivity contribution in [2.75, 3.05) is 23.3 Å². The summed E-state index contributed by atoms with van der Waals surface area (Å²) in [5, 5.41) is 2.91. The van der Waals surface area contributed by atoms with Gasteiger partial charge in [0.1, 0.15) is 0 Å². The lowest BCUT2D eigenvalue weighted by Gasteiger charge is -2.22. The summed E-state index contributed by atoms with van der Waals surface area (Å²) in [4.78, 5) is 13.6. The van der Waals surface area contributed by atoms with Crippen molar-refractivity contribution in [3.8, 4) is 0 Å². The first-order valence-electron chi connectivity index (χ1n) is 5.05. The van der Waals surface area contributed by atoms with Gasteiger partial charge in [-0.25, -0.2) is 0 Å². The summed E-state index contributed by atoms with van der Waals surface area (Å²) in [6.45, 7) is 3.80. The van der Waals surface area contributed by atoms with Gasteiger partial charge in [-0.1, -0.05) is 15.9 Å². The highest BCUT2D eigenvalue weighted by Gasteiger charge is 2.17. The van der Waals surface area contributed by atoms with Gasteiger partial charge in [0.25, 0.3) is 0 Å². The number of fused-ring (bicyclic) bond motifs is 1. The van der Waals surface area contributed by atoms with Crippen molar-refractivity contribution in [3.05, 3.63) is 22.7 Å². The third kappa shape index (κ3) is 2.15. The van der Waals surface area contributed by atoms with Gasteiger partial charge in [-0.3, -0.25) is 4.79 Å². The largest absolute Gasteiger partial charge is 0.370 e. The zero-order valence-corrected chi connectivity index (χ0v) is 10.2. The number of hydrogen-bond donors (Lipinski definition) is 1. The van der Waals surface area contributed by atoms with Crippen LogP contribution in [-0.4, -0.2) is 19.0 Å². The first-order valence-corrected chi connectivity index (χ1v) is 5.84. The number of anilines is 2. The van der Waals surface area contributed by atoms with Crippen LogP contribution in [0.2, 0.25) is 0 Å². The number of rotatable bonds is 1. The van der Waals surface area contributed by atoms with Gasteiger partial charge in [0, 0.05) is 24.0 Å². The number of benzene rings is 1. The van der Waals surface area contributed by atoms with E-state index in [9.17, 15) is 4.79 Å².